The van der Waals surface area contributed by atoms with Gasteiger partial charge >= 0.3 is 0 Å². The molecule has 144 valence electrons. The lowest BCUT2D eigenvalue weighted by atomic mass is 9.70. The first-order valence-electron chi connectivity index (χ1n) is 10.7. The Bertz CT molecular complexity index is 1430. The van der Waals surface area contributed by atoms with Gasteiger partial charge in [-0.25, -0.2) is 0 Å². The number of benzene rings is 4. The van der Waals surface area contributed by atoms with E-state index in [-0.39, 0.29) is 5.41 Å². The summed E-state index contributed by atoms with van der Waals surface area (Å²) >= 11 is 0. The second-order valence-electron chi connectivity index (χ2n) is 8.35. The maximum atomic E-state index is 4.24. The molecule has 0 saturated heterocycles. The van der Waals surface area contributed by atoms with Crippen molar-refractivity contribution < 1.29 is 0 Å². The number of aromatic nitrogens is 1. The van der Waals surface area contributed by atoms with Crippen molar-refractivity contribution in [1.82, 2.24) is 4.98 Å². The zero-order chi connectivity index (χ0) is 20.4. The van der Waals surface area contributed by atoms with E-state index in [2.05, 4.69) is 108 Å². The fourth-order valence-corrected chi connectivity index (χ4v) is 5.92. The van der Waals surface area contributed by atoms with E-state index in [4.69, 9.17) is 0 Å². The minimum Gasteiger partial charge on any atom is -0.265 e. The van der Waals surface area contributed by atoms with Crippen LogP contribution in [0.4, 0.5) is 0 Å². The summed E-state index contributed by atoms with van der Waals surface area (Å²) in [6, 6.07) is 37.8. The van der Waals surface area contributed by atoms with Crippen LogP contribution in [0, 0.1) is 0 Å². The van der Waals surface area contributed by atoms with Gasteiger partial charge in [-0.3, -0.25) is 4.98 Å². The van der Waals surface area contributed by atoms with Crippen molar-refractivity contribution in [2.75, 3.05) is 0 Å². The van der Waals surface area contributed by atoms with Crippen LogP contribution in [0.25, 0.3) is 33.4 Å². The van der Waals surface area contributed by atoms with Crippen molar-refractivity contribution >= 4 is 0 Å². The van der Waals surface area contributed by atoms with E-state index in [1.165, 1.54) is 55.6 Å². The van der Waals surface area contributed by atoms with E-state index >= 15 is 0 Å². The average molecular weight is 393 g/mol. The number of hydrogen-bond donors (Lipinski definition) is 0. The summed E-state index contributed by atoms with van der Waals surface area (Å²) in [4.78, 5) is 4.24. The van der Waals surface area contributed by atoms with Gasteiger partial charge in [-0.05, 0) is 67.8 Å². The third-order valence-corrected chi connectivity index (χ3v) is 7.01. The highest BCUT2D eigenvalue weighted by Gasteiger charge is 2.51. The van der Waals surface area contributed by atoms with Crippen LogP contribution in [-0.2, 0) is 5.41 Å². The molecule has 2 aliphatic rings. The Morgan fingerprint density at radius 2 is 0.903 bits per heavy atom. The fourth-order valence-electron chi connectivity index (χ4n) is 5.92. The zero-order valence-electron chi connectivity index (χ0n) is 16.9. The zero-order valence-corrected chi connectivity index (χ0v) is 16.9. The molecule has 1 aromatic heterocycles. The third kappa shape index (κ3) is 1.98. The molecule has 1 heterocycles. The Kier molecular flexibility index (Phi) is 3.26. The van der Waals surface area contributed by atoms with Gasteiger partial charge in [0.1, 0.15) is 0 Å². The summed E-state index contributed by atoms with van der Waals surface area (Å²) in [5.41, 5.74) is 13.1. The van der Waals surface area contributed by atoms with E-state index in [0.29, 0.717) is 0 Å². The van der Waals surface area contributed by atoms with Gasteiger partial charge in [-0.15, -0.1) is 0 Å². The van der Waals surface area contributed by atoms with Crippen LogP contribution in [0.3, 0.4) is 0 Å². The molecule has 7 rings (SSSR count). The van der Waals surface area contributed by atoms with E-state index < -0.39 is 0 Å². The first-order valence-corrected chi connectivity index (χ1v) is 10.7. The molecule has 0 amide bonds. The van der Waals surface area contributed by atoms with Crippen LogP contribution < -0.4 is 0 Å². The quantitative estimate of drug-likeness (QED) is 0.290. The summed E-state index contributed by atoms with van der Waals surface area (Å²) in [6.45, 7) is 0. The topological polar surface area (TPSA) is 12.9 Å². The number of fused-ring (bicyclic) bond motifs is 10. The molecule has 0 fully saturated rings. The van der Waals surface area contributed by atoms with Crippen LogP contribution in [0.5, 0.6) is 0 Å². The molecule has 4 aromatic carbocycles. The maximum Gasteiger partial charge on any atom is 0.0725 e. The summed E-state index contributed by atoms with van der Waals surface area (Å²) < 4.78 is 0. The van der Waals surface area contributed by atoms with Gasteiger partial charge in [0.15, 0.2) is 0 Å². The minimum atomic E-state index is -0.276. The van der Waals surface area contributed by atoms with Gasteiger partial charge in [0.25, 0.3) is 0 Å². The number of hydrogen-bond acceptors (Lipinski definition) is 1. The van der Waals surface area contributed by atoms with Crippen molar-refractivity contribution in [3.05, 3.63) is 138 Å². The molecule has 5 aromatic rings. The molecule has 0 saturated carbocycles. The van der Waals surface area contributed by atoms with Crippen molar-refractivity contribution in [2.24, 2.45) is 0 Å². The molecule has 2 aliphatic carbocycles. The summed E-state index contributed by atoms with van der Waals surface area (Å²) in [5, 5.41) is 0. The highest BCUT2D eigenvalue weighted by Crippen LogP contribution is 2.63. The van der Waals surface area contributed by atoms with Crippen LogP contribution in [0.2, 0.25) is 0 Å². The van der Waals surface area contributed by atoms with Gasteiger partial charge in [-0.2, -0.15) is 0 Å². The molecule has 0 radical (unpaired) electrons. The summed E-state index contributed by atoms with van der Waals surface area (Å²) in [5.74, 6) is 0. The van der Waals surface area contributed by atoms with E-state index in [0.717, 1.165) is 0 Å². The van der Waals surface area contributed by atoms with E-state index in [1.807, 2.05) is 12.4 Å². The Hall–Kier alpha value is -3.97. The van der Waals surface area contributed by atoms with E-state index in [1.54, 1.807) is 0 Å². The predicted octanol–water partition coefficient (Wildman–Crippen LogP) is 7.09. The van der Waals surface area contributed by atoms with Crippen LogP contribution in [-0.4, -0.2) is 4.98 Å². The predicted molar refractivity (Wildman–Crippen MR) is 126 cm³/mol. The van der Waals surface area contributed by atoms with Crippen molar-refractivity contribution in [3.8, 4) is 33.4 Å². The molecule has 0 bridgehead atoms. The second kappa shape index (κ2) is 6.02. The van der Waals surface area contributed by atoms with Gasteiger partial charge in [0.05, 0.1) is 5.41 Å². The van der Waals surface area contributed by atoms with Gasteiger partial charge < -0.3 is 0 Å². The largest absolute Gasteiger partial charge is 0.265 e. The van der Waals surface area contributed by atoms with Crippen LogP contribution in [0.15, 0.2) is 116 Å². The standard InChI is InChI=1S/C30H19N/c1-4-12-25-22(8-1)23-9-2-5-13-26(23)30(25)27-14-6-3-10-24(27)29-21(11-7-15-28(29)30)20-16-18-31-19-17-20/h1-19H. The third-order valence-electron chi connectivity index (χ3n) is 7.01. The van der Waals surface area contributed by atoms with Gasteiger partial charge in [0.2, 0.25) is 0 Å². The number of pyridine rings is 1. The lowest BCUT2D eigenvalue weighted by Crippen LogP contribution is -2.25. The number of nitrogens with zero attached hydrogens (tertiary/aromatic N) is 1. The van der Waals surface area contributed by atoms with E-state index in [9.17, 15) is 0 Å². The number of rotatable bonds is 1. The average Bonchev–Trinajstić information content (AvgIpc) is 3.32. The molecule has 0 unspecified atom stereocenters. The van der Waals surface area contributed by atoms with Crippen molar-refractivity contribution in [2.45, 2.75) is 5.41 Å². The Balaban J connectivity index is 1.69. The summed E-state index contributed by atoms with van der Waals surface area (Å²) in [7, 11) is 0. The van der Waals surface area contributed by atoms with Crippen molar-refractivity contribution in [1.29, 1.82) is 0 Å². The second-order valence-corrected chi connectivity index (χ2v) is 8.35. The van der Waals surface area contributed by atoms with Gasteiger partial charge in [-0.1, -0.05) is 91.0 Å². The lowest BCUT2D eigenvalue weighted by Gasteiger charge is -2.30. The smallest absolute Gasteiger partial charge is 0.0725 e. The highest BCUT2D eigenvalue weighted by atomic mass is 14.6. The SMILES string of the molecule is c1ccc2c(c1)-c1ccccc1C21c2ccccc2-c2c(-c3ccncc3)cccc21. The molecular weight excluding hydrogens is 374 g/mol. The molecule has 0 N–H and O–H groups in total. The Morgan fingerprint density at radius 3 is 1.55 bits per heavy atom. The van der Waals surface area contributed by atoms with Crippen LogP contribution in [0.1, 0.15) is 22.3 Å². The molecular formula is C30H19N. The van der Waals surface area contributed by atoms with Crippen molar-refractivity contribution in [3.63, 3.8) is 0 Å². The molecule has 0 atom stereocenters. The van der Waals surface area contributed by atoms with Gasteiger partial charge in [0, 0.05) is 12.4 Å². The first-order chi connectivity index (χ1) is 15.4. The molecule has 1 nitrogen and oxygen atoms in total. The highest BCUT2D eigenvalue weighted by molar-refractivity contribution is 5.99. The lowest BCUT2D eigenvalue weighted by molar-refractivity contribution is 0.794. The van der Waals surface area contributed by atoms with Crippen LogP contribution >= 0.6 is 0 Å². The Morgan fingerprint density at radius 1 is 0.419 bits per heavy atom. The molecule has 31 heavy (non-hydrogen) atoms. The molecule has 1 heteroatoms. The molecule has 0 aliphatic heterocycles. The maximum absolute atomic E-state index is 4.24. The minimum absolute atomic E-state index is 0.276. The fraction of sp³-hybridized carbons (Fsp3) is 0.0333. The first kappa shape index (κ1) is 16.8. The summed E-state index contributed by atoms with van der Waals surface area (Å²) in [6.07, 6.45) is 3.76. The normalized spacial score (nSPS) is 14.1. The monoisotopic (exact) mass is 393 g/mol. The molecule has 1 spiro atoms. The Labute approximate surface area is 181 Å².